The number of benzene rings is 2. The van der Waals surface area contributed by atoms with Crippen LogP contribution < -0.4 is 4.90 Å². The largest absolute Gasteiger partial charge is 0.378 e. The second-order valence-electron chi connectivity index (χ2n) is 5.02. The molecule has 0 aliphatic carbocycles. The lowest BCUT2D eigenvalue weighted by atomic mass is 10.0. The Labute approximate surface area is 116 Å². The highest BCUT2D eigenvalue weighted by Crippen LogP contribution is 2.18. The van der Waals surface area contributed by atoms with Gasteiger partial charge in [-0.05, 0) is 42.2 Å². The fourth-order valence-corrected chi connectivity index (χ4v) is 2.07. The first-order chi connectivity index (χ1) is 9.16. The molecule has 0 saturated carbocycles. The smallest absolute Gasteiger partial charge is 0.0363 e. The number of allylic oxidation sites excluding steroid dienone is 1. The zero-order chi connectivity index (χ0) is 13.7. The average molecular weight is 251 g/mol. The molecular formula is C18H21N. The molecule has 19 heavy (non-hydrogen) atoms. The van der Waals surface area contributed by atoms with Gasteiger partial charge in [0.05, 0.1) is 0 Å². The number of aryl methyl sites for hydroxylation is 1. The van der Waals surface area contributed by atoms with Crippen LogP contribution in [0.3, 0.4) is 0 Å². The summed E-state index contributed by atoms with van der Waals surface area (Å²) in [6.45, 7) is 2.18. The van der Waals surface area contributed by atoms with Crippen molar-refractivity contribution < 1.29 is 0 Å². The van der Waals surface area contributed by atoms with Gasteiger partial charge >= 0.3 is 0 Å². The predicted molar refractivity (Wildman–Crippen MR) is 84.7 cm³/mol. The van der Waals surface area contributed by atoms with Crippen LogP contribution in [0, 0.1) is 6.92 Å². The second-order valence-corrected chi connectivity index (χ2v) is 5.02. The van der Waals surface area contributed by atoms with Crippen molar-refractivity contribution in [3.05, 3.63) is 71.3 Å². The molecule has 0 radical (unpaired) electrons. The van der Waals surface area contributed by atoms with Crippen molar-refractivity contribution in [3.63, 3.8) is 0 Å². The molecule has 0 amide bonds. The molecule has 0 fully saturated rings. The van der Waals surface area contributed by atoms with E-state index in [1.54, 1.807) is 0 Å². The lowest BCUT2D eigenvalue weighted by molar-refractivity contribution is 1.11. The molecule has 0 heterocycles. The fraction of sp³-hybridized carbons (Fsp3) is 0.222. The molecule has 0 aliphatic rings. The topological polar surface area (TPSA) is 3.24 Å². The Morgan fingerprint density at radius 2 is 1.74 bits per heavy atom. The van der Waals surface area contributed by atoms with Crippen molar-refractivity contribution in [2.45, 2.75) is 13.3 Å². The molecule has 2 aromatic rings. The molecule has 0 N–H and O–H groups in total. The van der Waals surface area contributed by atoms with Crippen molar-refractivity contribution in [3.8, 4) is 0 Å². The summed E-state index contributed by atoms with van der Waals surface area (Å²) in [5.74, 6) is 0. The van der Waals surface area contributed by atoms with Crippen LogP contribution in [0.15, 0.2) is 54.6 Å². The molecule has 0 spiro atoms. The summed E-state index contributed by atoms with van der Waals surface area (Å²) in [7, 11) is 4.15. The minimum absolute atomic E-state index is 0.981. The van der Waals surface area contributed by atoms with E-state index in [1.165, 1.54) is 22.4 Å². The molecule has 2 aromatic carbocycles. The van der Waals surface area contributed by atoms with Crippen LogP contribution in [0.2, 0.25) is 0 Å². The quantitative estimate of drug-likeness (QED) is 0.782. The van der Waals surface area contributed by atoms with E-state index in [1.807, 2.05) is 6.07 Å². The van der Waals surface area contributed by atoms with Gasteiger partial charge in [0.25, 0.3) is 0 Å². The molecule has 0 aromatic heterocycles. The van der Waals surface area contributed by atoms with E-state index in [-0.39, 0.29) is 0 Å². The first-order valence-corrected chi connectivity index (χ1v) is 6.65. The van der Waals surface area contributed by atoms with Crippen molar-refractivity contribution in [2.24, 2.45) is 0 Å². The lowest BCUT2D eigenvalue weighted by Gasteiger charge is -2.14. The number of hydrogen-bond acceptors (Lipinski definition) is 1. The molecule has 2 rings (SSSR count). The van der Waals surface area contributed by atoms with Crippen LogP contribution in [0.5, 0.6) is 0 Å². The first kappa shape index (κ1) is 13.4. The van der Waals surface area contributed by atoms with E-state index >= 15 is 0 Å². The van der Waals surface area contributed by atoms with Gasteiger partial charge in [-0.15, -0.1) is 0 Å². The van der Waals surface area contributed by atoms with Gasteiger partial charge in [0.2, 0.25) is 0 Å². The number of hydrogen-bond donors (Lipinski definition) is 0. The van der Waals surface area contributed by atoms with Gasteiger partial charge in [-0.25, -0.2) is 0 Å². The Morgan fingerprint density at radius 3 is 2.37 bits per heavy atom. The van der Waals surface area contributed by atoms with E-state index in [2.05, 4.69) is 80.5 Å². The SMILES string of the molecule is Cc1cc(N(C)C)ccc1C/C=C/c1ccccc1. The van der Waals surface area contributed by atoms with Gasteiger partial charge in [-0.2, -0.15) is 0 Å². The van der Waals surface area contributed by atoms with Crippen molar-refractivity contribution in [1.82, 2.24) is 0 Å². The van der Waals surface area contributed by atoms with Crippen molar-refractivity contribution in [1.29, 1.82) is 0 Å². The maximum atomic E-state index is 2.24. The molecule has 0 unspecified atom stereocenters. The van der Waals surface area contributed by atoms with E-state index in [0.29, 0.717) is 0 Å². The van der Waals surface area contributed by atoms with E-state index in [9.17, 15) is 0 Å². The molecule has 1 nitrogen and oxygen atoms in total. The van der Waals surface area contributed by atoms with Gasteiger partial charge < -0.3 is 4.90 Å². The zero-order valence-corrected chi connectivity index (χ0v) is 11.9. The predicted octanol–water partition coefficient (Wildman–Crippen LogP) is 4.32. The summed E-state index contributed by atoms with van der Waals surface area (Å²) in [6, 6.07) is 17.1. The van der Waals surface area contributed by atoms with Gasteiger partial charge in [-0.1, -0.05) is 48.6 Å². The highest BCUT2D eigenvalue weighted by atomic mass is 15.1. The third-order valence-corrected chi connectivity index (χ3v) is 3.29. The minimum atomic E-state index is 0.981. The molecular weight excluding hydrogens is 230 g/mol. The monoisotopic (exact) mass is 251 g/mol. The molecule has 0 bridgehead atoms. The summed E-state index contributed by atoms with van der Waals surface area (Å²) < 4.78 is 0. The standard InChI is InChI=1S/C18H21N/c1-15-14-18(19(2)3)13-12-17(15)11-7-10-16-8-5-4-6-9-16/h4-10,12-14H,11H2,1-3H3/b10-7+. The molecule has 0 saturated heterocycles. The van der Waals surface area contributed by atoms with Crippen LogP contribution in [0.4, 0.5) is 5.69 Å². The van der Waals surface area contributed by atoms with Crippen molar-refractivity contribution >= 4 is 11.8 Å². The molecule has 1 heteroatoms. The minimum Gasteiger partial charge on any atom is -0.378 e. The summed E-state index contributed by atoms with van der Waals surface area (Å²) in [5.41, 5.74) is 5.25. The average Bonchev–Trinajstić information content (AvgIpc) is 2.41. The normalized spacial score (nSPS) is 10.9. The van der Waals surface area contributed by atoms with Crippen LogP contribution in [-0.2, 0) is 6.42 Å². The second kappa shape index (κ2) is 6.24. The van der Waals surface area contributed by atoms with Gasteiger partial charge in [0, 0.05) is 19.8 Å². The van der Waals surface area contributed by atoms with Gasteiger partial charge in [0.1, 0.15) is 0 Å². The highest BCUT2D eigenvalue weighted by molar-refractivity contribution is 5.52. The lowest BCUT2D eigenvalue weighted by Crippen LogP contribution is -2.08. The molecule has 0 aliphatic heterocycles. The van der Waals surface area contributed by atoms with E-state index in [0.717, 1.165) is 6.42 Å². The zero-order valence-electron chi connectivity index (χ0n) is 11.9. The summed E-state index contributed by atoms with van der Waals surface area (Å²) in [4.78, 5) is 2.14. The Hall–Kier alpha value is -2.02. The van der Waals surface area contributed by atoms with Crippen LogP contribution in [0.1, 0.15) is 16.7 Å². The summed E-state index contributed by atoms with van der Waals surface area (Å²) in [6.07, 6.45) is 5.39. The number of rotatable bonds is 4. The van der Waals surface area contributed by atoms with E-state index in [4.69, 9.17) is 0 Å². The van der Waals surface area contributed by atoms with Gasteiger partial charge in [-0.3, -0.25) is 0 Å². The Balaban J connectivity index is 2.06. The Morgan fingerprint density at radius 1 is 1.00 bits per heavy atom. The summed E-state index contributed by atoms with van der Waals surface area (Å²) >= 11 is 0. The fourth-order valence-electron chi connectivity index (χ4n) is 2.07. The maximum absolute atomic E-state index is 2.24. The molecule has 98 valence electrons. The van der Waals surface area contributed by atoms with E-state index < -0.39 is 0 Å². The number of nitrogens with zero attached hydrogens (tertiary/aromatic N) is 1. The Bertz CT molecular complexity index is 553. The molecule has 0 atom stereocenters. The third-order valence-electron chi connectivity index (χ3n) is 3.29. The Kier molecular flexibility index (Phi) is 4.40. The van der Waals surface area contributed by atoms with Crippen LogP contribution in [0.25, 0.3) is 6.08 Å². The van der Waals surface area contributed by atoms with Crippen LogP contribution >= 0.6 is 0 Å². The third kappa shape index (κ3) is 3.72. The van der Waals surface area contributed by atoms with Crippen LogP contribution in [-0.4, -0.2) is 14.1 Å². The number of anilines is 1. The maximum Gasteiger partial charge on any atom is 0.0363 e. The first-order valence-electron chi connectivity index (χ1n) is 6.65. The summed E-state index contributed by atoms with van der Waals surface area (Å²) in [5, 5.41) is 0. The van der Waals surface area contributed by atoms with Gasteiger partial charge in [0.15, 0.2) is 0 Å². The van der Waals surface area contributed by atoms with Crippen molar-refractivity contribution in [2.75, 3.05) is 19.0 Å². The highest BCUT2D eigenvalue weighted by Gasteiger charge is 2.00.